The number of nitro groups is 1. The van der Waals surface area contributed by atoms with Crippen LogP contribution in [0.4, 0.5) is 5.69 Å². The van der Waals surface area contributed by atoms with Crippen LogP contribution in [0.1, 0.15) is 5.56 Å². The monoisotopic (exact) mass is 301 g/mol. The molecule has 1 aromatic carbocycles. The van der Waals surface area contributed by atoms with Crippen molar-refractivity contribution in [3.8, 4) is 0 Å². The van der Waals surface area contributed by atoms with Gasteiger partial charge in [0, 0.05) is 17.1 Å². The van der Waals surface area contributed by atoms with E-state index in [0.717, 1.165) is 0 Å². The highest BCUT2D eigenvalue weighted by molar-refractivity contribution is 7.83. The molecule has 0 amide bonds. The van der Waals surface area contributed by atoms with Crippen LogP contribution in [0.25, 0.3) is 11.0 Å². The molecule has 3 aromatic rings. The van der Waals surface area contributed by atoms with Gasteiger partial charge in [-0.1, -0.05) is 18.2 Å². The first-order chi connectivity index (χ1) is 10.1. The molecule has 106 valence electrons. The molecule has 3 rings (SSSR count). The maximum Gasteiger partial charge on any atom is 0.291 e. The zero-order chi connectivity index (χ0) is 15.0. The van der Waals surface area contributed by atoms with Crippen LogP contribution in [-0.2, 0) is 11.0 Å². The van der Waals surface area contributed by atoms with Gasteiger partial charge in [0.2, 0.25) is 0 Å². The molecular formula is C14H11N3O3S. The van der Waals surface area contributed by atoms with Crippen LogP contribution in [0.3, 0.4) is 0 Å². The Balaban J connectivity index is 2.16. The second kappa shape index (κ2) is 5.10. The molecule has 0 spiro atoms. The van der Waals surface area contributed by atoms with E-state index in [1.54, 1.807) is 31.3 Å². The molecule has 21 heavy (non-hydrogen) atoms. The summed E-state index contributed by atoms with van der Waals surface area (Å²) in [4.78, 5) is 15.2. The number of benzene rings is 1. The van der Waals surface area contributed by atoms with Gasteiger partial charge in [0.15, 0.2) is 16.6 Å². The van der Waals surface area contributed by atoms with Gasteiger partial charge in [-0.25, -0.2) is 13.2 Å². The number of aromatic nitrogens is 2. The molecular weight excluding hydrogens is 290 g/mol. The van der Waals surface area contributed by atoms with Gasteiger partial charge in [-0.3, -0.25) is 10.1 Å². The Morgan fingerprint density at radius 1 is 1.24 bits per heavy atom. The lowest BCUT2D eigenvalue weighted by Gasteiger charge is -2.05. The van der Waals surface area contributed by atoms with Crippen molar-refractivity contribution >= 4 is 27.7 Å². The molecule has 7 heteroatoms. The minimum atomic E-state index is -1.43. The number of aryl methyl sites for hydroxylation is 1. The molecule has 0 aliphatic heterocycles. The fraction of sp³-hybridized carbons (Fsp3) is 0.0714. The minimum Gasteiger partial charge on any atom is -0.258 e. The first-order valence-electron chi connectivity index (χ1n) is 6.18. The van der Waals surface area contributed by atoms with Crippen LogP contribution >= 0.6 is 0 Å². The van der Waals surface area contributed by atoms with E-state index in [2.05, 4.69) is 4.98 Å². The van der Waals surface area contributed by atoms with E-state index in [1.165, 1.54) is 10.2 Å². The number of rotatable bonds is 3. The van der Waals surface area contributed by atoms with Crippen molar-refractivity contribution in [2.75, 3.05) is 0 Å². The van der Waals surface area contributed by atoms with E-state index in [-0.39, 0.29) is 5.69 Å². The summed E-state index contributed by atoms with van der Waals surface area (Å²) >= 11 is 0. The molecule has 1 atom stereocenters. The number of hydrogen-bond acceptors (Lipinski definition) is 4. The van der Waals surface area contributed by atoms with Gasteiger partial charge in [0.05, 0.1) is 9.82 Å². The molecule has 6 nitrogen and oxygen atoms in total. The number of hydrogen-bond donors (Lipinski definition) is 0. The van der Waals surface area contributed by atoms with Crippen LogP contribution in [0, 0.1) is 17.0 Å². The first-order valence-corrected chi connectivity index (χ1v) is 7.28. The van der Waals surface area contributed by atoms with Gasteiger partial charge in [-0.05, 0) is 25.1 Å². The highest BCUT2D eigenvalue weighted by Crippen LogP contribution is 2.27. The Morgan fingerprint density at radius 3 is 2.62 bits per heavy atom. The van der Waals surface area contributed by atoms with Crippen molar-refractivity contribution in [2.24, 2.45) is 0 Å². The van der Waals surface area contributed by atoms with Crippen molar-refractivity contribution in [3.63, 3.8) is 0 Å². The van der Waals surface area contributed by atoms with E-state index < -0.39 is 15.9 Å². The van der Waals surface area contributed by atoms with E-state index in [4.69, 9.17) is 0 Å². The van der Waals surface area contributed by atoms with E-state index in [0.29, 0.717) is 21.5 Å². The fourth-order valence-electron chi connectivity index (χ4n) is 2.15. The molecule has 0 aliphatic rings. The third kappa shape index (κ3) is 2.21. The molecule has 0 fully saturated rings. The van der Waals surface area contributed by atoms with Crippen molar-refractivity contribution in [1.29, 1.82) is 0 Å². The van der Waals surface area contributed by atoms with Gasteiger partial charge in [0.25, 0.3) is 5.69 Å². The fourth-order valence-corrected chi connectivity index (χ4v) is 3.24. The molecule has 1 unspecified atom stereocenters. The number of pyridine rings is 1. The highest BCUT2D eigenvalue weighted by Gasteiger charge is 2.18. The summed E-state index contributed by atoms with van der Waals surface area (Å²) in [6.45, 7) is 1.66. The molecule has 0 bridgehead atoms. The van der Waals surface area contributed by atoms with E-state index in [1.807, 2.05) is 18.2 Å². The molecule has 0 radical (unpaired) electrons. The number of fused-ring (bicyclic) bond motifs is 1. The molecule has 0 saturated heterocycles. The largest absolute Gasteiger partial charge is 0.291 e. The average molecular weight is 301 g/mol. The standard InChI is InChI=1S/C14H11N3O3S/c1-10-12-7-8-16(14(12)15-9-13(10)17(18)19)21(20)11-5-3-2-4-6-11/h2-9H,1H3. The Bertz CT molecular complexity index is 859. The van der Waals surface area contributed by atoms with E-state index >= 15 is 0 Å². The molecule has 0 saturated carbocycles. The van der Waals surface area contributed by atoms with Gasteiger partial charge in [-0.15, -0.1) is 0 Å². The lowest BCUT2D eigenvalue weighted by atomic mass is 10.2. The van der Waals surface area contributed by atoms with Gasteiger partial charge >= 0.3 is 0 Å². The Hall–Kier alpha value is -2.54. The molecule has 0 aliphatic carbocycles. The van der Waals surface area contributed by atoms with Crippen LogP contribution in [0.15, 0.2) is 53.7 Å². The van der Waals surface area contributed by atoms with Crippen LogP contribution < -0.4 is 0 Å². The lowest BCUT2D eigenvalue weighted by Crippen LogP contribution is -2.04. The zero-order valence-corrected chi connectivity index (χ0v) is 11.9. The summed E-state index contributed by atoms with van der Waals surface area (Å²) in [6.07, 6.45) is 2.84. The highest BCUT2D eigenvalue weighted by atomic mass is 32.2. The lowest BCUT2D eigenvalue weighted by molar-refractivity contribution is -0.385. The number of nitrogens with zero attached hydrogens (tertiary/aromatic N) is 3. The van der Waals surface area contributed by atoms with Gasteiger partial charge < -0.3 is 0 Å². The van der Waals surface area contributed by atoms with Gasteiger partial charge in [0.1, 0.15) is 6.20 Å². The predicted octanol–water partition coefficient (Wildman–Crippen LogP) is 2.82. The Labute approximate surface area is 122 Å². The molecule has 0 N–H and O–H groups in total. The second-order valence-corrected chi connectivity index (χ2v) is 5.83. The molecule has 2 aromatic heterocycles. The normalized spacial score (nSPS) is 12.4. The molecule has 2 heterocycles. The van der Waals surface area contributed by atoms with Crippen LogP contribution in [0.2, 0.25) is 0 Å². The average Bonchev–Trinajstić information content (AvgIpc) is 2.92. The van der Waals surface area contributed by atoms with Crippen molar-refractivity contribution in [2.45, 2.75) is 11.8 Å². The van der Waals surface area contributed by atoms with Crippen molar-refractivity contribution < 1.29 is 9.13 Å². The Kier molecular flexibility index (Phi) is 3.26. The van der Waals surface area contributed by atoms with Crippen molar-refractivity contribution in [3.05, 3.63) is 64.5 Å². The SMILES string of the molecule is Cc1c([N+](=O)[O-])cnc2c1ccn2S(=O)c1ccccc1. The van der Waals surface area contributed by atoms with E-state index in [9.17, 15) is 14.3 Å². The second-order valence-electron chi connectivity index (χ2n) is 4.47. The summed E-state index contributed by atoms with van der Waals surface area (Å²) in [7, 11) is -1.43. The van der Waals surface area contributed by atoms with Crippen LogP contribution in [0.5, 0.6) is 0 Å². The summed E-state index contributed by atoms with van der Waals surface area (Å²) in [5.41, 5.74) is 0.958. The smallest absolute Gasteiger partial charge is 0.258 e. The first kappa shape index (κ1) is 13.4. The third-order valence-electron chi connectivity index (χ3n) is 3.24. The maximum atomic E-state index is 12.6. The third-order valence-corrected chi connectivity index (χ3v) is 4.57. The maximum absolute atomic E-state index is 12.6. The summed E-state index contributed by atoms with van der Waals surface area (Å²) in [5, 5.41) is 11.6. The topological polar surface area (TPSA) is 78.0 Å². The van der Waals surface area contributed by atoms with Crippen LogP contribution in [-0.4, -0.2) is 18.1 Å². The zero-order valence-electron chi connectivity index (χ0n) is 11.1. The summed E-state index contributed by atoms with van der Waals surface area (Å²) < 4.78 is 14.1. The Morgan fingerprint density at radius 2 is 1.95 bits per heavy atom. The van der Waals surface area contributed by atoms with Crippen molar-refractivity contribution in [1.82, 2.24) is 8.96 Å². The van der Waals surface area contributed by atoms with Gasteiger partial charge in [-0.2, -0.15) is 0 Å². The predicted molar refractivity (Wildman–Crippen MR) is 79.4 cm³/mol. The summed E-state index contributed by atoms with van der Waals surface area (Å²) in [6, 6.07) is 10.7. The minimum absolute atomic E-state index is 0.0363. The quantitative estimate of drug-likeness (QED) is 0.550. The summed E-state index contributed by atoms with van der Waals surface area (Å²) in [5.74, 6) is 0.